The molecule has 2 amide bonds. The summed E-state index contributed by atoms with van der Waals surface area (Å²) >= 11 is 5.79. The standard InChI is InChI=1S/C15H15ClN4O3/c1-19-13(6-7-18-19)20-9-12(23-15(20)22)8-17-14(21)10-2-4-11(16)5-3-10/h2-7,12H,8-9H2,1H3,(H,17,21). The SMILES string of the molecule is Cn1nccc1N1CC(CNC(=O)c2ccc(Cl)cc2)OC1=O. The number of hydrogen-bond donors (Lipinski definition) is 1. The summed E-state index contributed by atoms with van der Waals surface area (Å²) in [4.78, 5) is 25.5. The number of anilines is 1. The molecule has 1 fully saturated rings. The number of amides is 2. The Labute approximate surface area is 137 Å². The van der Waals surface area contributed by atoms with E-state index in [1.807, 2.05) is 0 Å². The molecule has 0 radical (unpaired) electrons. The van der Waals surface area contributed by atoms with E-state index in [0.717, 1.165) is 0 Å². The van der Waals surface area contributed by atoms with Crippen LogP contribution < -0.4 is 10.2 Å². The van der Waals surface area contributed by atoms with Gasteiger partial charge in [-0.2, -0.15) is 5.10 Å². The Morgan fingerprint density at radius 3 is 2.78 bits per heavy atom. The van der Waals surface area contributed by atoms with Crippen molar-refractivity contribution in [3.05, 3.63) is 47.1 Å². The van der Waals surface area contributed by atoms with Crippen molar-refractivity contribution in [3.8, 4) is 0 Å². The topological polar surface area (TPSA) is 76.5 Å². The summed E-state index contributed by atoms with van der Waals surface area (Å²) in [5.41, 5.74) is 0.502. The molecule has 0 spiro atoms. The minimum atomic E-state index is -0.445. The molecule has 23 heavy (non-hydrogen) atoms. The maximum Gasteiger partial charge on any atom is 0.416 e. The Balaban J connectivity index is 1.57. The summed E-state index contributed by atoms with van der Waals surface area (Å²) in [5.74, 6) is 0.415. The number of rotatable bonds is 4. The Kier molecular flexibility index (Phi) is 4.20. The van der Waals surface area contributed by atoms with E-state index < -0.39 is 12.2 Å². The van der Waals surface area contributed by atoms with Gasteiger partial charge >= 0.3 is 6.09 Å². The van der Waals surface area contributed by atoms with Crippen LogP contribution in [0.15, 0.2) is 36.5 Å². The fourth-order valence-electron chi connectivity index (χ4n) is 2.36. The van der Waals surface area contributed by atoms with Crippen molar-refractivity contribution in [1.82, 2.24) is 15.1 Å². The number of carbonyl (C=O) groups excluding carboxylic acids is 2. The molecule has 0 aliphatic carbocycles. The molecule has 1 aliphatic rings. The summed E-state index contributed by atoms with van der Waals surface area (Å²) in [6.45, 7) is 0.598. The smallest absolute Gasteiger partial charge is 0.416 e. The van der Waals surface area contributed by atoms with E-state index >= 15 is 0 Å². The fourth-order valence-corrected chi connectivity index (χ4v) is 2.48. The maximum atomic E-state index is 12.0. The van der Waals surface area contributed by atoms with Crippen molar-refractivity contribution < 1.29 is 14.3 Å². The first kappa shape index (κ1) is 15.4. The van der Waals surface area contributed by atoms with E-state index in [1.165, 1.54) is 4.90 Å². The number of ether oxygens (including phenoxy) is 1. The number of nitrogens with zero attached hydrogens (tertiary/aromatic N) is 3. The van der Waals surface area contributed by atoms with Gasteiger partial charge in [0.25, 0.3) is 5.91 Å². The Morgan fingerprint density at radius 1 is 1.39 bits per heavy atom. The zero-order chi connectivity index (χ0) is 16.4. The van der Waals surface area contributed by atoms with Crippen LogP contribution in [-0.4, -0.2) is 41.0 Å². The molecule has 1 aromatic carbocycles. The molecule has 1 N–H and O–H groups in total. The minimum absolute atomic E-state index is 0.238. The molecule has 120 valence electrons. The molecule has 2 heterocycles. The fraction of sp³-hybridized carbons (Fsp3) is 0.267. The first-order chi connectivity index (χ1) is 11.0. The highest BCUT2D eigenvalue weighted by Gasteiger charge is 2.33. The number of aromatic nitrogens is 2. The van der Waals surface area contributed by atoms with Gasteiger partial charge in [-0.15, -0.1) is 0 Å². The van der Waals surface area contributed by atoms with Crippen LogP contribution in [0.3, 0.4) is 0 Å². The molecule has 1 saturated heterocycles. The van der Waals surface area contributed by atoms with E-state index in [0.29, 0.717) is 22.9 Å². The van der Waals surface area contributed by atoms with Crippen LogP contribution in [0, 0.1) is 0 Å². The van der Waals surface area contributed by atoms with E-state index in [-0.39, 0.29) is 12.5 Å². The van der Waals surface area contributed by atoms with E-state index in [1.54, 1.807) is 48.3 Å². The number of benzene rings is 1. The Morgan fingerprint density at radius 2 is 2.13 bits per heavy atom. The lowest BCUT2D eigenvalue weighted by molar-refractivity contribution is 0.0916. The second-order valence-corrected chi connectivity index (χ2v) is 5.58. The van der Waals surface area contributed by atoms with Crippen LogP contribution in [0.1, 0.15) is 10.4 Å². The minimum Gasteiger partial charge on any atom is -0.442 e. The highest BCUT2D eigenvalue weighted by Crippen LogP contribution is 2.20. The molecular weight excluding hydrogens is 320 g/mol. The Hall–Kier alpha value is -2.54. The van der Waals surface area contributed by atoms with Crippen LogP contribution in [0.2, 0.25) is 5.02 Å². The van der Waals surface area contributed by atoms with Gasteiger partial charge in [-0.05, 0) is 24.3 Å². The Bertz CT molecular complexity index is 729. The number of nitrogens with one attached hydrogen (secondary N) is 1. The van der Waals surface area contributed by atoms with Gasteiger partial charge in [0.15, 0.2) is 0 Å². The first-order valence-corrected chi connectivity index (χ1v) is 7.42. The molecular formula is C15H15ClN4O3. The zero-order valence-electron chi connectivity index (χ0n) is 12.4. The quantitative estimate of drug-likeness (QED) is 0.925. The molecule has 1 aliphatic heterocycles. The van der Waals surface area contributed by atoms with Crippen molar-refractivity contribution in [2.45, 2.75) is 6.10 Å². The number of halogens is 1. The van der Waals surface area contributed by atoms with Gasteiger partial charge in [0.05, 0.1) is 19.3 Å². The van der Waals surface area contributed by atoms with Gasteiger partial charge in [0.2, 0.25) is 0 Å². The number of aryl methyl sites for hydroxylation is 1. The van der Waals surface area contributed by atoms with Crippen LogP contribution in [0.4, 0.5) is 10.6 Å². The molecule has 3 rings (SSSR count). The third-order valence-corrected chi connectivity index (χ3v) is 3.79. The van der Waals surface area contributed by atoms with E-state index in [2.05, 4.69) is 10.4 Å². The lowest BCUT2D eigenvalue weighted by atomic mass is 10.2. The summed E-state index contributed by atoms with van der Waals surface area (Å²) < 4.78 is 6.86. The van der Waals surface area contributed by atoms with Gasteiger partial charge in [-0.1, -0.05) is 11.6 Å². The number of cyclic esters (lactones) is 1. The third kappa shape index (κ3) is 3.29. The van der Waals surface area contributed by atoms with Gasteiger partial charge in [-0.3, -0.25) is 14.4 Å². The van der Waals surface area contributed by atoms with Gasteiger partial charge < -0.3 is 10.1 Å². The molecule has 7 nitrogen and oxygen atoms in total. The summed E-state index contributed by atoms with van der Waals surface area (Å²) in [5, 5.41) is 7.35. The third-order valence-electron chi connectivity index (χ3n) is 3.54. The lowest BCUT2D eigenvalue weighted by Gasteiger charge is -2.12. The van der Waals surface area contributed by atoms with Crippen molar-refractivity contribution in [3.63, 3.8) is 0 Å². The van der Waals surface area contributed by atoms with Gasteiger partial charge in [0, 0.05) is 23.7 Å². The molecule has 2 aromatic rings. The van der Waals surface area contributed by atoms with E-state index in [4.69, 9.17) is 16.3 Å². The maximum absolute atomic E-state index is 12.0. The van der Waals surface area contributed by atoms with Crippen molar-refractivity contribution in [2.24, 2.45) is 7.05 Å². The number of hydrogen-bond acceptors (Lipinski definition) is 4. The zero-order valence-corrected chi connectivity index (χ0v) is 13.2. The molecule has 0 bridgehead atoms. The average molecular weight is 335 g/mol. The average Bonchev–Trinajstić information content (AvgIpc) is 3.11. The molecule has 1 aromatic heterocycles. The molecule has 1 atom stereocenters. The largest absolute Gasteiger partial charge is 0.442 e. The predicted octanol–water partition coefficient (Wildman–Crippen LogP) is 1.83. The molecule has 0 saturated carbocycles. The normalized spacial score (nSPS) is 17.2. The van der Waals surface area contributed by atoms with Crippen molar-refractivity contribution in [1.29, 1.82) is 0 Å². The van der Waals surface area contributed by atoms with Crippen molar-refractivity contribution >= 4 is 29.4 Å². The predicted molar refractivity (Wildman–Crippen MR) is 84.6 cm³/mol. The van der Waals surface area contributed by atoms with Crippen LogP contribution >= 0.6 is 11.6 Å². The molecule has 8 heteroatoms. The second kappa shape index (κ2) is 6.29. The van der Waals surface area contributed by atoms with Crippen molar-refractivity contribution in [2.75, 3.05) is 18.0 Å². The lowest BCUT2D eigenvalue weighted by Crippen LogP contribution is -2.34. The van der Waals surface area contributed by atoms with Gasteiger partial charge in [-0.25, -0.2) is 4.79 Å². The van der Waals surface area contributed by atoms with E-state index in [9.17, 15) is 9.59 Å². The summed E-state index contributed by atoms with van der Waals surface area (Å²) in [6, 6.07) is 8.31. The number of carbonyl (C=O) groups is 2. The highest BCUT2D eigenvalue weighted by molar-refractivity contribution is 6.30. The summed E-state index contributed by atoms with van der Waals surface area (Å²) in [6.07, 6.45) is 0.756. The second-order valence-electron chi connectivity index (χ2n) is 5.15. The monoisotopic (exact) mass is 334 g/mol. The van der Waals surface area contributed by atoms with Crippen LogP contribution in [0.5, 0.6) is 0 Å². The highest BCUT2D eigenvalue weighted by atomic mass is 35.5. The first-order valence-electron chi connectivity index (χ1n) is 7.04. The molecule has 1 unspecified atom stereocenters. The summed E-state index contributed by atoms with van der Waals surface area (Å²) in [7, 11) is 1.75. The van der Waals surface area contributed by atoms with Crippen LogP contribution in [0.25, 0.3) is 0 Å². The van der Waals surface area contributed by atoms with Crippen LogP contribution in [-0.2, 0) is 11.8 Å². The van der Waals surface area contributed by atoms with Gasteiger partial charge in [0.1, 0.15) is 11.9 Å².